The summed E-state index contributed by atoms with van der Waals surface area (Å²) in [4.78, 5) is 7.89. The zero-order valence-corrected chi connectivity index (χ0v) is 12.0. The van der Waals surface area contributed by atoms with Gasteiger partial charge in [-0.2, -0.15) is 0 Å². The highest BCUT2D eigenvalue weighted by molar-refractivity contribution is 7.21. The lowest BCUT2D eigenvalue weighted by Gasteiger charge is -2.14. The number of aromatic nitrogens is 1. The molecule has 1 N–H and O–H groups in total. The monoisotopic (exact) mass is 269 g/mol. The second kappa shape index (κ2) is 4.31. The predicted octanol–water partition coefficient (Wildman–Crippen LogP) is 3.25. The van der Waals surface area contributed by atoms with Crippen LogP contribution in [0.5, 0.6) is 0 Å². The van der Waals surface area contributed by atoms with Crippen molar-refractivity contribution in [1.29, 1.82) is 5.41 Å². The average Bonchev–Trinajstić information content (AvgIpc) is 2.35. The minimum absolute atomic E-state index is 0.547. The van der Waals surface area contributed by atoms with Gasteiger partial charge in [0, 0.05) is 19.8 Å². The maximum absolute atomic E-state index is 7.81. The van der Waals surface area contributed by atoms with E-state index < -0.39 is 0 Å². The van der Waals surface area contributed by atoms with E-state index in [1.165, 1.54) is 5.69 Å². The van der Waals surface area contributed by atoms with Gasteiger partial charge in [0.15, 0.2) is 0 Å². The fraction of sp³-hybridized carbons (Fsp3) is 0.200. The Morgan fingerprint density at radius 3 is 2.68 bits per heavy atom. The van der Waals surface area contributed by atoms with Gasteiger partial charge >= 0.3 is 0 Å². The molecule has 96 valence electrons. The van der Waals surface area contributed by atoms with Crippen molar-refractivity contribution < 1.29 is 0 Å². The summed E-state index contributed by atoms with van der Waals surface area (Å²) in [5.41, 5.74) is 4.26. The summed E-state index contributed by atoms with van der Waals surface area (Å²) in [7, 11) is 4.07. The number of anilines is 1. The molecule has 1 heterocycles. The third-order valence-corrected chi connectivity index (χ3v) is 4.26. The van der Waals surface area contributed by atoms with Crippen molar-refractivity contribution >= 4 is 27.2 Å². The molecule has 0 saturated heterocycles. The SMILES string of the molecule is Cc1cc(=N)cc2sc3cc(N(C)C)ccc3nc1-2. The van der Waals surface area contributed by atoms with Crippen molar-refractivity contribution in [3.05, 3.63) is 41.3 Å². The highest BCUT2D eigenvalue weighted by Gasteiger charge is 2.10. The van der Waals surface area contributed by atoms with Crippen molar-refractivity contribution in [3.63, 3.8) is 0 Å². The van der Waals surface area contributed by atoms with Gasteiger partial charge in [-0.3, -0.25) is 0 Å². The lowest BCUT2D eigenvalue weighted by Crippen LogP contribution is -2.08. The van der Waals surface area contributed by atoms with Gasteiger partial charge in [-0.05, 0) is 42.8 Å². The van der Waals surface area contributed by atoms with Crippen LogP contribution in [0.2, 0.25) is 0 Å². The van der Waals surface area contributed by atoms with Crippen molar-refractivity contribution in [2.45, 2.75) is 6.92 Å². The van der Waals surface area contributed by atoms with Crippen LogP contribution in [0.15, 0.2) is 30.3 Å². The molecule has 3 rings (SSSR count). The number of rotatable bonds is 1. The molecule has 1 aromatic rings. The fourth-order valence-corrected chi connectivity index (χ4v) is 3.29. The Balaban J connectivity index is 2.36. The van der Waals surface area contributed by atoms with Crippen molar-refractivity contribution in [3.8, 4) is 10.6 Å². The third kappa shape index (κ3) is 2.08. The van der Waals surface area contributed by atoms with Crippen LogP contribution in [-0.2, 0) is 0 Å². The van der Waals surface area contributed by atoms with Gasteiger partial charge in [-0.1, -0.05) is 0 Å². The minimum Gasteiger partial charge on any atom is -0.378 e. The molecule has 0 fully saturated rings. The van der Waals surface area contributed by atoms with E-state index in [0.717, 1.165) is 26.4 Å². The van der Waals surface area contributed by atoms with Crippen molar-refractivity contribution in [2.24, 2.45) is 0 Å². The maximum Gasteiger partial charge on any atom is 0.0840 e. The summed E-state index contributed by atoms with van der Waals surface area (Å²) < 4.78 is 1.16. The zero-order chi connectivity index (χ0) is 13.6. The van der Waals surface area contributed by atoms with E-state index in [-0.39, 0.29) is 0 Å². The lowest BCUT2D eigenvalue weighted by molar-refractivity contribution is 1.13. The Morgan fingerprint density at radius 1 is 1.16 bits per heavy atom. The molecule has 1 aromatic carbocycles. The number of fused-ring (bicyclic) bond motifs is 2. The van der Waals surface area contributed by atoms with E-state index in [0.29, 0.717) is 5.36 Å². The summed E-state index contributed by atoms with van der Waals surface area (Å²) in [5, 5.41) is 8.35. The number of aryl methyl sites for hydroxylation is 1. The number of benzene rings is 2. The average molecular weight is 269 g/mol. The maximum atomic E-state index is 7.81. The van der Waals surface area contributed by atoms with Gasteiger partial charge in [0.05, 0.1) is 26.1 Å². The molecule has 1 aliphatic heterocycles. The lowest BCUT2D eigenvalue weighted by atomic mass is 10.1. The molecule has 0 saturated carbocycles. The van der Waals surface area contributed by atoms with E-state index in [1.54, 1.807) is 11.3 Å². The second-order valence-corrected chi connectivity index (χ2v) is 5.98. The molecular weight excluding hydrogens is 254 g/mol. The molecule has 4 heteroatoms. The van der Waals surface area contributed by atoms with Crippen LogP contribution < -0.4 is 10.3 Å². The Kier molecular flexibility index (Phi) is 2.75. The highest BCUT2D eigenvalue weighted by Crippen LogP contribution is 2.33. The first kappa shape index (κ1) is 12.1. The Bertz CT molecular complexity index is 789. The van der Waals surface area contributed by atoms with E-state index in [4.69, 9.17) is 10.4 Å². The summed E-state index contributed by atoms with van der Waals surface area (Å²) >= 11 is 1.70. The first-order chi connectivity index (χ1) is 9.04. The number of nitrogens with one attached hydrogen (secondary N) is 1. The molecule has 3 nitrogen and oxygen atoms in total. The summed E-state index contributed by atoms with van der Waals surface area (Å²) in [6, 6.07) is 10.1. The van der Waals surface area contributed by atoms with Gasteiger partial charge < -0.3 is 10.3 Å². The second-order valence-electron chi connectivity index (χ2n) is 4.90. The molecule has 0 spiro atoms. The van der Waals surface area contributed by atoms with E-state index in [2.05, 4.69) is 23.1 Å². The molecule has 0 unspecified atom stereocenters. The summed E-state index contributed by atoms with van der Waals surface area (Å²) in [5.74, 6) is 0. The Labute approximate surface area is 116 Å². The zero-order valence-electron chi connectivity index (χ0n) is 11.2. The van der Waals surface area contributed by atoms with E-state index in [1.807, 2.05) is 33.2 Å². The molecule has 0 bridgehead atoms. The molecule has 0 amide bonds. The minimum atomic E-state index is 0.547. The van der Waals surface area contributed by atoms with Crippen LogP contribution in [0, 0.1) is 12.3 Å². The first-order valence-electron chi connectivity index (χ1n) is 6.12. The van der Waals surface area contributed by atoms with Gasteiger partial charge in [0.25, 0.3) is 0 Å². The molecule has 19 heavy (non-hydrogen) atoms. The normalized spacial score (nSPS) is 11.1. The van der Waals surface area contributed by atoms with E-state index >= 15 is 0 Å². The summed E-state index contributed by atoms with van der Waals surface area (Å²) in [6.07, 6.45) is 0. The van der Waals surface area contributed by atoms with Gasteiger partial charge in [0.2, 0.25) is 0 Å². The van der Waals surface area contributed by atoms with Crippen molar-refractivity contribution in [2.75, 3.05) is 19.0 Å². The molecule has 1 aliphatic carbocycles. The third-order valence-electron chi connectivity index (χ3n) is 3.18. The van der Waals surface area contributed by atoms with Gasteiger partial charge in [-0.25, -0.2) is 4.98 Å². The number of hydrogen-bond donors (Lipinski definition) is 1. The van der Waals surface area contributed by atoms with Crippen LogP contribution in [0.4, 0.5) is 5.69 Å². The topological polar surface area (TPSA) is 40.0 Å². The Morgan fingerprint density at radius 2 is 1.95 bits per heavy atom. The first-order valence-corrected chi connectivity index (χ1v) is 6.93. The van der Waals surface area contributed by atoms with Crippen LogP contribution >= 0.6 is 11.3 Å². The van der Waals surface area contributed by atoms with Crippen molar-refractivity contribution in [1.82, 2.24) is 4.98 Å². The predicted molar refractivity (Wildman–Crippen MR) is 81.2 cm³/mol. The number of nitrogens with zero attached hydrogens (tertiary/aromatic N) is 2. The molecule has 0 radical (unpaired) electrons. The van der Waals surface area contributed by atoms with Gasteiger partial charge in [-0.15, -0.1) is 11.3 Å². The smallest absolute Gasteiger partial charge is 0.0840 e. The van der Waals surface area contributed by atoms with Crippen LogP contribution in [0.1, 0.15) is 5.56 Å². The standard InChI is InChI=1S/C15H15N3S/c1-9-6-10(16)7-14-15(9)17-12-5-4-11(18(2)3)8-13(12)19-14/h4-8,16H,1-3H3. The highest BCUT2D eigenvalue weighted by atomic mass is 32.1. The molecular formula is C15H15N3S. The largest absolute Gasteiger partial charge is 0.378 e. The fourth-order valence-electron chi connectivity index (χ4n) is 2.16. The van der Waals surface area contributed by atoms with Crippen LogP contribution in [0.3, 0.4) is 0 Å². The Hall–Kier alpha value is -1.94. The van der Waals surface area contributed by atoms with Gasteiger partial charge in [0.1, 0.15) is 0 Å². The van der Waals surface area contributed by atoms with Crippen LogP contribution in [0.25, 0.3) is 20.8 Å². The van der Waals surface area contributed by atoms with E-state index in [9.17, 15) is 0 Å². The summed E-state index contributed by atoms with van der Waals surface area (Å²) in [6.45, 7) is 2.01. The van der Waals surface area contributed by atoms with Crippen LogP contribution in [-0.4, -0.2) is 19.1 Å². The molecule has 2 aliphatic rings. The number of hydrogen-bond acceptors (Lipinski definition) is 4. The molecule has 0 aromatic heterocycles. The quantitative estimate of drug-likeness (QED) is 0.689. The molecule has 0 atom stereocenters.